The molecule has 0 saturated carbocycles. The Hall–Kier alpha value is -0.980. The quantitative estimate of drug-likeness (QED) is 0.845. The molecule has 3 N–H and O–H groups in total. The summed E-state index contributed by atoms with van der Waals surface area (Å²) >= 11 is 3.29. The number of hydrogen-bond acceptors (Lipinski definition) is 3. The molecule has 4 nitrogen and oxygen atoms in total. The van der Waals surface area contributed by atoms with Crippen molar-refractivity contribution in [1.82, 2.24) is 10.2 Å². The van der Waals surface area contributed by atoms with Gasteiger partial charge in [-0.15, -0.1) is 0 Å². The molecular formula is C15H21BrFN3O. The van der Waals surface area contributed by atoms with Crippen LogP contribution in [0.1, 0.15) is 18.4 Å². The zero-order chi connectivity index (χ0) is 15.2. The molecule has 116 valence electrons. The fourth-order valence-corrected chi connectivity index (χ4v) is 3.05. The first-order chi connectivity index (χ1) is 10.1. The Balaban J connectivity index is 1.95. The summed E-state index contributed by atoms with van der Waals surface area (Å²) in [6.45, 7) is 3.27. The summed E-state index contributed by atoms with van der Waals surface area (Å²) in [4.78, 5) is 14.2. The number of nitrogens with two attached hydrogens (primary N) is 1. The maximum atomic E-state index is 13.5. The van der Waals surface area contributed by atoms with Crippen molar-refractivity contribution in [2.24, 2.45) is 11.7 Å². The lowest BCUT2D eigenvalue weighted by atomic mass is 9.96. The van der Waals surface area contributed by atoms with Crippen LogP contribution in [0.5, 0.6) is 0 Å². The van der Waals surface area contributed by atoms with Gasteiger partial charge in [0.1, 0.15) is 5.82 Å². The van der Waals surface area contributed by atoms with E-state index in [1.807, 2.05) is 6.07 Å². The Morgan fingerprint density at radius 1 is 1.52 bits per heavy atom. The molecule has 1 aliphatic rings. The van der Waals surface area contributed by atoms with Gasteiger partial charge in [0.2, 0.25) is 5.91 Å². The van der Waals surface area contributed by atoms with Gasteiger partial charge in [-0.05, 0) is 46.9 Å². The zero-order valence-electron chi connectivity index (χ0n) is 11.9. The second-order valence-electron chi connectivity index (χ2n) is 5.37. The smallest absolute Gasteiger partial charge is 0.224 e. The Kier molecular flexibility index (Phi) is 6.14. The van der Waals surface area contributed by atoms with E-state index in [9.17, 15) is 9.18 Å². The van der Waals surface area contributed by atoms with E-state index in [4.69, 9.17) is 5.73 Å². The van der Waals surface area contributed by atoms with Crippen LogP contribution >= 0.6 is 15.9 Å². The van der Waals surface area contributed by atoms with Crippen LogP contribution in [0, 0.1) is 11.7 Å². The van der Waals surface area contributed by atoms with Crippen LogP contribution in [0.3, 0.4) is 0 Å². The fraction of sp³-hybridized carbons (Fsp3) is 0.533. The predicted octanol–water partition coefficient (Wildman–Crippen LogP) is 1.88. The molecule has 0 aromatic heterocycles. The first-order valence-corrected chi connectivity index (χ1v) is 8.04. The molecule has 1 aliphatic heterocycles. The Labute approximate surface area is 133 Å². The largest absolute Gasteiger partial charge is 0.355 e. The van der Waals surface area contributed by atoms with Gasteiger partial charge >= 0.3 is 0 Å². The van der Waals surface area contributed by atoms with Gasteiger partial charge < -0.3 is 11.1 Å². The molecule has 1 amide bonds. The number of benzene rings is 1. The van der Waals surface area contributed by atoms with E-state index in [2.05, 4.69) is 26.1 Å². The van der Waals surface area contributed by atoms with Gasteiger partial charge in [-0.2, -0.15) is 0 Å². The normalized spacial score (nSPS) is 19.5. The summed E-state index contributed by atoms with van der Waals surface area (Å²) in [7, 11) is 0. The van der Waals surface area contributed by atoms with E-state index in [-0.39, 0.29) is 17.6 Å². The van der Waals surface area contributed by atoms with Crippen molar-refractivity contribution >= 4 is 21.8 Å². The highest BCUT2D eigenvalue weighted by molar-refractivity contribution is 9.10. The van der Waals surface area contributed by atoms with Crippen LogP contribution in [0.15, 0.2) is 22.7 Å². The highest BCUT2D eigenvalue weighted by Crippen LogP contribution is 2.24. The standard InChI is InChI=1S/C15H21BrFN3O/c16-14-11(3-1-5-13(14)17)9-20-8-2-4-12(10-20)15(21)19-7-6-18/h1,3,5,12H,2,4,6-10,18H2,(H,19,21). The molecule has 1 atom stereocenters. The van der Waals surface area contributed by atoms with Crippen molar-refractivity contribution in [1.29, 1.82) is 0 Å². The SMILES string of the molecule is NCCNC(=O)C1CCCN(Cc2cccc(F)c2Br)C1. The van der Waals surface area contributed by atoms with Crippen molar-refractivity contribution in [2.45, 2.75) is 19.4 Å². The molecule has 1 fully saturated rings. The lowest BCUT2D eigenvalue weighted by molar-refractivity contribution is -0.126. The molecule has 0 radical (unpaired) electrons. The highest BCUT2D eigenvalue weighted by Gasteiger charge is 2.25. The molecule has 1 heterocycles. The molecule has 0 aliphatic carbocycles. The van der Waals surface area contributed by atoms with Crippen LogP contribution in [0.2, 0.25) is 0 Å². The summed E-state index contributed by atoms with van der Waals surface area (Å²) in [5, 5.41) is 2.85. The second kappa shape index (κ2) is 7.87. The van der Waals surface area contributed by atoms with E-state index < -0.39 is 0 Å². The molecule has 1 aromatic rings. The number of likely N-dealkylation sites (tertiary alicyclic amines) is 1. The lowest BCUT2D eigenvalue weighted by Gasteiger charge is -2.32. The lowest BCUT2D eigenvalue weighted by Crippen LogP contribution is -2.43. The maximum absolute atomic E-state index is 13.5. The third-order valence-corrected chi connectivity index (χ3v) is 4.63. The van der Waals surface area contributed by atoms with Crippen molar-refractivity contribution in [3.8, 4) is 0 Å². The topological polar surface area (TPSA) is 58.4 Å². The van der Waals surface area contributed by atoms with Crippen LogP contribution in [-0.4, -0.2) is 37.0 Å². The number of piperidine rings is 1. The monoisotopic (exact) mass is 357 g/mol. The minimum Gasteiger partial charge on any atom is -0.355 e. The van der Waals surface area contributed by atoms with E-state index in [0.717, 1.165) is 24.9 Å². The summed E-state index contributed by atoms with van der Waals surface area (Å²) < 4.78 is 14.0. The van der Waals surface area contributed by atoms with Gasteiger partial charge in [0.05, 0.1) is 10.4 Å². The fourth-order valence-electron chi connectivity index (χ4n) is 2.66. The van der Waals surface area contributed by atoms with Gasteiger partial charge in [0, 0.05) is 26.2 Å². The Bertz CT molecular complexity index is 498. The second-order valence-corrected chi connectivity index (χ2v) is 6.16. The first-order valence-electron chi connectivity index (χ1n) is 7.25. The number of halogens is 2. The third kappa shape index (κ3) is 4.49. The molecule has 0 bridgehead atoms. The minimum absolute atomic E-state index is 0.00219. The van der Waals surface area contributed by atoms with E-state index in [1.165, 1.54) is 6.07 Å². The Morgan fingerprint density at radius 2 is 2.33 bits per heavy atom. The molecule has 1 aromatic carbocycles. The summed E-state index contributed by atoms with van der Waals surface area (Å²) in [6, 6.07) is 5.06. The number of rotatable bonds is 5. The van der Waals surface area contributed by atoms with Crippen molar-refractivity contribution in [3.63, 3.8) is 0 Å². The number of hydrogen-bond donors (Lipinski definition) is 2. The van der Waals surface area contributed by atoms with Crippen LogP contribution in [0.25, 0.3) is 0 Å². The van der Waals surface area contributed by atoms with Crippen molar-refractivity contribution < 1.29 is 9.18 Å². The molecule has 0 spiro atoms. The van der Waals surface area contributed by atoms with E-state index >= 15 is 0 Å². The molecule has 2 rings (SSSR count). The van der Waals surface area contributed by atoms with Crippen LogP contribution < -0.4 is 11.1 Å². The molecule has 1 unspecified atom stereocenters. The Morgan fingerprint density at radius 3 is 3.10 bits per heavy atom. The summed E-state index contributed by atoms with van der Waals surface area (Å²) in [6.07, 6.45) is 1.88. The van der Waals surface area contributed by atoms with Gasteiger partial charge in [-0.3, -0.25) is 9.69 Å². The van der Waals surface area contributed by atoms with Crippen LogP contribution in [0.4, 0.5) is 4.39 Å². The number of carbonyl (C=O) groups is 1. The van der Waals surface area contributed by atoms with Gasteiger partial charge in [-0.25, -0.2) is 4.39 Å². The van der Waals surface area contributed by atoms with E-state index in [0.29, 0.717) is 30.7 Å². The van der Waals surface area contributed by atoms with Crippen LogP contribution in [-0.2, 0) is 11.3 Å². The number of nitrogens with zero attached hydrogens (tertiary/aromatic N) is 1. The number of carbonyl (C=O) groups excluding carboxylic acids is 1. The third-order valence-electron chi connectivity index (χ3n) is 3.75. The molecular weight excluding hydrogens is 337 g/mol. The maximum Gasteiger partial charge on any atom is 0.224 e. The van der Waals surface area contributed by atoms with Gasteiger partial charge in [0.15, 0.2) is 0 Å². The summed E-state index contributed by atoms with van der Waals surface area (Å²) in [5.74, 6) is -0.178. The minimum atomic E-state index is -0.248. The number of amides is 1. The van der Waals surface area contributed by atoms with E-state index in [1.54, 1.807) is 6.07 Å². The predicted molar refractivity (Wildman–Crippen MR) is 84.2 cm³/mol. The average Bonchev–Trinajstić information content (AvgIpc) is 2.50. The zero-order valence-corrected chi connectivity index (χ0v) is 13.5. The first kappa shape index (κ1) is 16.4. The van der Waals surface area contributed by atoms with Gasteiger partial charge in [-0.1, -0.05) is 12.1 Å². The summed E-state index contributed by atoms with van der Waals surface area (Å²) in [5.41, 5.74) is 6.32. The van der Waals surface area contributed by atoms with Crippen molar-refractivity contribution in [3.05, 3.63) is 34.1 Å². The number of nitrogens with one attached hydrogen (secondary N) is 1. The molecule has 6 heteroatoms. The van der Waals surface area contributed by atoms with Crippen molar-refractivity contribution in [2.75, 3.05) is 26.2 Å². The molecule has 1 saturated heterocycles. The molecule has 21 heavy (non-hydrogen) atoms. The average molecular weight is 358 g/mol. The van der Waals surface area contributed by atoms with Gasteiger partial charge in [0.25, 0.3) is 0 Å². The highest BCUT2D eigenvalue weighted by atomic mass is 79.9.